The van der Waals surface area contributed by atoms with Gasteiger partial charge in [0.2, 0.25) is 0 Å². The molecule has 0 aromatic carbocycles. The number of hydrogen-bond acceptors (Lipinski definition) is 5. The molecular weight excluding hydrogens is 332 g/mol. The van der Waals surface area contributed by atoms with Crippen LogP contribution in [-0.4, -0.2) is 93.1 Å². The van der Waals surface area contributed by atoms with Crippen LogP contribution in [0.25, 0.3) is 0 Å². The zero-order chi connectivity index (χ0) is 18.2. The fourth-order valence-electron chi connectivity index (χ4n) is 4.59. The summed E-state index contributed by atoms with van der Waals surface area (Å²) in [6, 6.07) is 0.0998. The number of ether oxygens (including phenoxy) is 2. The predicted octanol–water partition coefficient (Wildman–Crippen LogP) is 1.04. The maximum atomic E-state index is 12.5. The molecule has 3 rings (SSSR count). The molecule has 2 aliphatic heterocycles. The summed E-state index contributed by atoms with van der Waals surface area (Å²) < 4.78 is 10.9. The van der Waals surface area contributed by atoms with Crippen molar-refractivity contribution in [2.24, 2.45) is 0 Å². The number of nitrogens with zero attached hydrogens (tertiary/aromatic N) is 2. The number of carbonyl (C=O) groups excluding carboxylic acids is 1. The van der Waals surface area contributed by atoms with Crippen LogP contribution in [0.1, 0.15) is 39.0 Å². The van der Waals surface area contributed by atoms with E-state index in [-0.39, 0.29) is 17.6 Å². The lowest BCUT2D eigenvalue weighted by atomic mass is 9.80. The Morgan fingerprint density at radius 3 is 2.27 bits per heavy atom. The summed E-state index contributed by atoms with van der Waals surface area (Å²) >= 11 is 0. The lowest BCUT2D eigenvalue weighted by Gasteiger charge is -2.48. The summed E-state index contributed by atoms with van der Waals surface area (Å²) in [5, 5.41) is 6.29. The van der Waals surface area contributed by atoms with E-state index < -0.39 is 0 Å². The minimum atomic E-state index is -0.0380. The van der Waals surface area contributed by atoms with Gasteiger partial charge >= 0.3 is 6.03 Å². The van der Waals surface area contributed by atoms with Gasteiger partial charge in [0.1, 0.15) is 0 Å². The number of morpholine rings is 2. The fraction of sp³-hybridized carbons (Fsp3) is 0.947. The summed E-state index contributed by atoms with van der Waals surface area (Å²) in [7, 11) is 0. The number of urea groups is 1. The zero-order valence-corrected chi connectivity index (χ0v) is 16.3. The molecule has 2 heterocycles. The average Bonchev–Trinajstić information content (AvgIpc) is 2.68. The second-order valence-electron chi connectivity index (χ2n) is 8.03. The van der Waals surface area contributed by atoms with E-state index in [9.17, 15) is 4.79 Å². The predicted molar refractivity (Wildman–Crippen MR) is 101 cm³/mol. The molecule has 3 aliphatic rings. The molecule has 7 heteroatoms. The molecule has 0 bridgehead atoms. The van der Waals surface area contributed by atoms with Crippen molar-refractivity contribution in [3.05, 3.63) is 0 Å². The molecule has 0 aromatic rings. The number of carbonyl (C=O) groups is 1. The Kier molecular flexibility index (Phi) is 7.54. The van der Waals surface area contributed by atoms with Crippen molar-refractivity contribution >= 4 is 6.03 Å². The van der Waals surface area contributed by atoms with Gasteiger partial charge in [-0.2, -0.15) is 0 Å². The lowest BCUT2D eigenvalue weighted by Crippen LogP contribution is -2.60. The molecule has 0 radical (unpaired) electrons. The van der Waals surface area contributed by atoms with Crippen molar-refractivity contribution in [1.82, 2.24) is 20.4 Å². The van der Waals surface area contributed by atoms with Gasteiger partial charge in [0, 0.05) is 50.8 Å². The Labute approximate surface area is 157 Å². The standard InChI is InChI=1S/C19H36N4O3/c1-17(15-22-7-11-25-12-8-22)21-18(24)20-16-19(5-3-2-4-6-19)23-9-13-26-14-10-23/h17H,2-16H2,1H3,(H2,20,21,24). The quantitative estimate of drug-likeness (QED) is 0.733. The van der Waals surface area contributed by atoms with Gasteiger partial charge in [-0.3, -0.25) is 9.80 Å². The highest BCUT2D eigenvalue weighted by Gasteiger charge is 2.38. The Hall–Kier alpha value is -0.890. The maximum absolute atomic E-state index is 12.5. The lowest BCUT2D eigenvalue weighted by molar-refractivity contribution is -0.0357. The van der Waals surface area contributed by atoms with Crippen molar-refractivity contribution < 1.29 is 14.3 Å². The first-order chi connectivity index (χ1) is 12.7. The van der Waals surface area contributed by atoms with Gasteiger partial charge in [-0.1, -0.05) is 19.3 Å². The first-order valence-electron chi connectivity index (χ1n) is 10.4. The van der Waals surface area contributed by atoms with Gasteiger partial charge in [-0.15, -0.1) is 0 Å². The fourth-order valence-corrected chi connectivity index (χ4v) is 4.59. The highest BCUT2D eigenvalue weighted by Crippen LogP contribution is 2.33. The molecule has 26 heavy (non-hydrogen) atoms. The van der Waals surface area contributed by atoms with Gasteiger partial charge in [0.05, 0.1) is 26.4 Å². The second kappa shape index (κ2) is 9.88. The Balaban J connectivity index is 1.45. The normalized spacial score (nSPS) is 26.2. The minimum absolute atomic E-state index is 0.0380. The molecule has 1 atom stereocenters. The average molecular weight is 369 g/mol. The molecule has 1 saturated carbocycles. The highest BCUT2D eigenvalue weighted by molar-refractivity contribution is 5.74. The number of nitrogens with one attached hydrogen (secondary N) is 2. The highest BCUT2D eigenvalue weighted by atomic mass is 16.5. The number of amides is 2. The van der Waals surface area contributed by atoms with E-state index in [1.165, 1.54) is 32.1 Å². The van der Waals surface area contributed by atoms with Crippen molar-refractivity contribution in [3.63, 3.8) is 0 Å². The monoisotopic (exact) mass is 368 g/mol. The molecule has 3 fully saturated rings. The van der Waals surface area contributed by atoms with E-state index in [2.05, 4.69) is 27.4 Å². The molecule has 150 valence electrons. The van der Waals surface area contributed by atoms with Gasteiger partial charge in [0.25, 0.3) is 0 Å². The Morgan fingerprint density at radius 1 is 1.00 bits per heavy atom. The SMILES string of the molecule is CC(CN1CCOCC1)NC(=O)NCC1(N2CCOCC2)CCCCC1. The largest absolute Gasteiger partial charge is 0.379 e. The van der Waals surface area contributed by atoms with Crippen LogP contribution in [0.3, 0.4) is 0 Å². The minimum Gasteiger partial charge on any atom is -0.379 e. The Morgan fingerprint density at radius 2 is 1.62 bits per heavy atom. The number of hydrogen-bond donors (Lipinski definition) is 2. The summed E-state index contributed by atoms with van der Waals surface area (Å²) in [6.45, 7) is 10.8. The van der Waals surface area contributed by atoms with Gasteiger partial charge in [0.15, 0.2) is 0 Å². The molecule has 2 N–H and O–H groups in total. The van der Waals surface area contributed by atoms with Gasteiger partial charge in [-0.25, -0.2) is 4.79 Å². The molecule has 0 spiro atoms. The summed E-state index contributed by atoms with van der Waals surface area (Å²) in [5.41, 5.74) is 0.118. The molecule has 1 aliphatic carbocycles. The summed E-state index contributed by atoms with van der Waals surface area (Å²) in [4.78, 5) is 17.4. The van der Waals surface area contributed by atoms with Crippen LogP contribution < -0.4 is 10.6 Å². The van der Waals surface area contributed by atoms with E-state index in [0.29, 0.717) is 0 Å². The van der Waals surface area contributed by atoms with Crippen LogP contribution in [0.4, 0.5) is 4.79 Å². The molecule has 2 saturated heterocycles. The topological polar surface area (TPSA) is 66.1 Å². The zero-order valence-electron chi connectivity index (χ0n) is 16.3. The molecule has 0 aromatic heterocycles. The van der Waals surface area contributed by atoms with E-state index in [1.807, 2.05) is 0 Å². The maximum Gasteiger partial charge on any atom is 0.315 e. The molecule has 7 nitrogen and oxygen atoms in total. The first kappa shape index (κ1) is 19.9. The van der Waals surface area contributed by atoms with Gasteiger partial charge < -0.3 is 20.1 Å². The van der Waals surface area contributed by atoms with Crippen molar-refractivity contribution in [1.29, 1.82) is 0 Å². The van der Waals surface area contributed by atoms with Gasteiger partial charge in [-0.05, 0) is 19.8 Å². The molecular formula is C19H36N4O3. The van der Waals surface area contributed by atoms with Crippen LogP contribution in [-0.2, 0) is 9.47 Å². The third kappa shape index (κ3) is 5.55. The molecule has 2 amide bonds. The van der Waals surface area contributed by atoms with Crippen LogP contribution in [0, 0.1) is 0 Å². The van der Waals surface area contributed by atoms with E-state index in [0.717, 1.165) is 65.7 Å². The first-order valence-corrected chi connectivity index (χ1v) is 10.4. The Bertz CT molecular complexity index is 431. The van der Waals surface area contributed by atoms with Crippen molar-refractivity contribution in [2.75, 3.05) is 65.7 Å². The van der Waals surface area contributed by atoms with E-state index >= 15 is 0 Å². The van der Waals surface area contributed by atoms with Crippen LogP contribution in [0.2, 0.25) is 0 Å². The molecule has 1 unspecified atom stereocenters. The van der Waals surface area contributed by atoms with Crippen LogP contribution in [0.15, 0.2) is 0 Å². The smallest absolute Gasteiger partial charge is 0.315 e. The summed E-state index contributed by atoms with van der Waals surface area (Å²) in [6.07, 6.45) is 6.18. The van der Waals surface area contributed by atoms with Crippen LogP contribution in [0.5, 0.6) is 0 Å². The summed E-state index contributed by atoms with van der Waals surface area (Å²) in [5.74, 6) is 0. The number of rotatable bonds is 6. The van der Waals surface area contributed by atoms with Crippen molar-refractivity contribution in [2.45, 2.75) is 50.6 Å². The van der Waals surface area contributed by atoms with Crippen LogP contribution >= 0.6 is 0 Å². The third-order valence-corrected chi connectivity index (χ3v) is 6.06. The second-order valence-corrected chi connectivity index (χ2v) is 8.03. The van der Waals surface area contributed by atoms with Crippen molar-refractivity contribution in [3.8, 4) is 0 Å². The van der Waals surface area contributed by atoms with E-state index in [4.69, 9.17) is 9.47 Å². The van der Waals surface area contributed by atoms with E-state index in [1.54, 1.807) is 0 Å². The third-order valence-electron chi connectivity index (χ3n) is 6.06.